The van der Waals surface area contributed by atoms with Crippen LogP contribution in [-0.4, -0.2) is 16.1 Å². The maximum Gasteiger partial charge on any atom is 0.121 e. The van der Waals surface area contributed by atoms with Crippen LogP contribution in [0.25, 0.3) is 0 Å². The standard InChI is InChI=1S/C22H29ClO2/c1-5-14-9-18(10-15(6-2)21(14)24)20(13-23)19-11-16(7-3)22(25)17(8-4)12-19/h9-12,20,24-25H,5-8,13H2,1-4H3. The second-order valence-electron chi connectivity index (χ2n) is 6.50. The predicted molar refractivity (Wildman–Crippen MR) is 106 cm³/mol. The van der Waals surface area contributed by atoms with Gasteiger partial charge in [-0.05, 0) is 59.1 Å². The van der Waals surface area contributed by atoms with Crippen molar-refractivity contribution in [2.75, 3.05) is 5.88 Å². The summed E-state index contributed by atoms with van der Waals surface area (Å²) in [5, 5.41) is 20.7. The summed E-state index contributed by atoms with van der Waals surface area (Å²) in [5.41, 5.74) is 6.14. The molecule has 2 aromatic rings. The van der Waals surface area contributed by atoms with Crippen molar-refractivity contribution in [3.63, 3.8) is 0 Å². The minimum Gasteiger partial charge on any atom is -0.507 e. The van der Waals surface area contributed by atoms with E-state index in [0.29, 0.717) is 17.4 Å². The van der Waals surface area contributed by atoms with E-state index < -0.39 is 0 Å². The Hall–Kier alpha value is -1.67. The molecule has 2 N–H and O–H groups in total. The van der Waals surface area contributed by atoms with Gasteiger partial charge in [0.15, 0.2) is 0 Å². The van der Waals surface area contributed by atoms with Gasteiger partial charge in [-0.25, -0.2) is 0 Å². The molecular formula is C22H29ClO2. The lowest BCUT2D eigenvalue weighted by molar-refractivity contribution is 0.462. The highest BCUT2D eigenvalue weighted by atomic mass is 35.5. The monoisotopic (exact) mass is 360 g/mol. The van der Waals surface area contributed by atoms with E-state index in [1.807, 2.05) is 0 Å². The van der Waals surface area contributed by atoms with Crippen molar-refractivity contribution in [3.8, 4) is 11.5 Å². The molecule has 0 radical (unpaired) electrons. The van der Waals surface area contributed by atoms with Crippen molar-refractivity contribution in [1.29, 1.82) is 0 Å². The Morgan fingerprint density at radius 3 is 1.16 bits per heavy atom. The summed E-state index contributed by atoms with van der Waals surface area (Å²) in [4.78, 5) is 0. The Balaban J connectivity index is 2.61. The number of hydrogen-bond donors (Lipinski definition) is 2. The normalized spacial score (nSPS) is 11.3. The Kier molecular flexibility index (Phi) is 6.78. The van der Waals surface area contributed by atoms with Crippen LogP contribution in [0, 0.1) is 0 Å². The second-order valence-corrected chi connectivity index (χ2v) is 6.81. The maximum absolute atomic E-state index is 10.4. The molecule has 0 aliphatic carbocycles. The van der Waals surface area contributed by atoms with Crippen LogP contribution in [-0.2, 0) is 25.7 Å². The van der Waals surface area contributed by atoms with E-state index in [9.17, 15) is 10.2 Å². The first-order chi connectivity index (χ1) is 12.0. The minimum atomic E-state index is 0.0501. The molecule has 136 valence electrons. The molecule has 0 aliphatic rings. The molecule has 0 saturated heterocycles. The van der Waals surface area contributed by atoms with Gasteiger partial charge < -0.3 is 10.2 Å². The number of halogens is 1. The molecule has 0 amide bonds. The van der Waals surface area contributed by atoms with Gasteiger partial charge in [-0.2, -0.15) is 0 Å². The Morgan fingerprint density at radius 1 is 0.680 bits per heavy atom. The molecule has 0 unspecified atom stereocenters. The summed E-state index contributed by atoms with van der Waals surface area (Å²) in [6.45, 7) is 8.22. The van der Waals surface area contributed by atoms with Crippen molar-refractivity contribution in [1.82, 2.24) is 0 Å². The van der Waals surface area contributed by atoms with Crippen LogP contribution in [0.3, 0.4) is 0 Å². The Morgan fingerprint density at radius 2 is 0.960 bits per heavy atom. The SMILES string of the molecule is CCc1cc(C(CCl)c2cc(CC)c(O)c(CC)c2)cc(CC)c1O. The number of hydrogen-bond acceptors (Lipinski definition) is 2. The van der Waals surface area contributed by atoms with Crippen LogP contribution in [0.2, 0.25) is 0 Å². The highest BCUT2D eigenvalue weighted by Crippen LogP contribution is 2.36. The van der Waals surface area contributed by atoms with Crippen molar-refractivity contribution in [3.05, 3.63) is 57.6 Å². The molecule has 0 aromatic heterocycles. The lowest BCUT2D eigenvalue weighted by atomic mass is 9.86. The van der Waals surface area contributed by atoms with E-state index in [1.54, 1.807) is 0 Å². The van der Waals surface area contributed by atoms with Gasteiger partial charge in [-0.1, -0.05) is 52.0 Å². The van der Waals surface area contributed by atoms with Crippen molar-refractivity contribution in [2.45, 2.75) is 59.3 Å². The average molecular weight is 361 g/mol. The van der Waals surface area contributed by atoms with Gasteiger partial charge in [0.05, 0.1) is 0 Å². The zero-order valence-corrected chi connectivity index (χ0v) is 16.5. The maximum atomic E-state index is 10.4. The summed E-state index contributed by atoms with van der Waals surface area (Å²) < 4.78 is 0. The van der Waals surface area contributed by atoms with Crippen molar-refractivity contribution < 1.29 is 10.2 Å². The van der Waals surface area contributed by atoms with Gasteiger partial charge in [0.25, 0.3) is 0 Å². The van der Waals surface area contributed by atoms with Crippen LogP contribution in [0.15, 0.2) is 24.3 Å². The van der Waals surface area contributed by atoms with Gasteiger partial charge in [0, 0.05) is 11.8 Å². The van der Waals surface area contributed by atoms with E-state index in [2.05, 4.69) is 52.0 Å². The number of aryl methyl sites for hydroxylation is 4. The third kappa shape index (κ3) is 3.95. The first-order valence-electron chi connectivity index (χ1n) is 9.25. The molecule has 0 saturated carbocycles. The predicted octanol–water partition coefficient (Wildman–Crippen LogP) is 5.72. The molecule has 25 heavy (non-hydrogen) atoms. The third-order valence-corrected chi connectivity index (χ3v) is 5.37. The first kappa shape index (κ1) is 19.7. The topological polar surface area (TPSA) is 40.5 Å². The number of aromatic hydroxyl groups is 2. The minimum absolute atomic E-state index is 0.0501. The Bertz CT molecular complexity index is 625. The molecule has 0 fully saturated rings. The third-order valence-electron chi connectivity index (χ3n) is 5.06. The summed E-state index contributed by atoms with van der Waals surface area (Å²) in [7, 11) is 0. The molecule has 0 bridgehead atoms. The van der Waals surface area contributed by atoms with Gasteiger partial charge in [0.1, 0.15) is 11.5 Å². The van der Waals surface area contributed by atoms with Crippen LogP contribution in [0.1, 0.15) is 67.0 Å². The van der Waals surface area contributed by atoms with E-state index in [0.717, 1.165) is 59.1 Å². The van der Waals surface area contributed by atoms with E-state index in [4.69, 9.17) is 11.6 Å². The van der Waals surface area contributed by atoms with Gasteiger partial charge in [-0.15, -0.1) is 11.6 Å². The van der Waals surface area contributed by atoms with E-state index >= 15 is 0 Å². The molecular weight excluding hydrogens is 332 g/mol. The summed E-state index contributed by atoms with van der Waals surface area (Å²) in [6, 6.07) is 8.30. The zero-order valence-electron chi connectivity index (χ0n) is 15.7. The number of rotatable bonds is 7. The highest BCUT2D eigenvalue weighted by Gasteiger charge is 2.19. The van der Waals surface area contributed by atoms with E-state index in [1.165, 1.54) is 0 Å². The molecule has 2 rings (SSSR count). The van der Waals surface area contributed by atoms with Crippen molar-refractivity contribution >= 4 is 11.6 Å². The molecule has 3 heteroatoms. The number of phenols is 2. The highest BCUT2D eigenvalue weighted by molar-refractivity contribution is 6.18. The quantitative estimate of drug-likeness (QED) is 0.620. The average Bonchev–Trinajstić information content (AvgIpc) is 2.64. The second kappa shape index (κ2) is 8.62. The van der Waals surface area contributed by atoms with Gasteiger partial charge >= 0.3 is 0 Å². The van der Waals surface area contributed by atoms with Crippen LogP contribution < -0.4 is 0 Å². The molecule has 2 aromatic carbocycles. The van der Waals surface area contributed by atoms with Crippen LogP contribution in [0.4, 0.5) is 0 Å². The molecule has 0 spiro atoms. The fourth-order valence-corrected chi connectivity index (χ4v) is 3.78. The molecule has 2 nitrogen and oxygen atoms in total. The molecule has 0 heterocycles. The Labute approximate surface area is 156 Å². The fourth-order valence-electron chi connectivity index (χ4n) is 3.42. The first-order valence-corrected chi connectivity index (χ1v) is 9.79. The lowest BCUT2D eigenvalue weighted by Gasteiger charge is -2.21. The number of phenolic OH excluding ortho intramolecular Hbond substituents is 2. The summed E-state index contributed by atoms with van der Waals surface area (Å²) in [5.74, 6) is 1.34. The smallest absolute Gasteiger partial charge is 0.121 e. The van der Waals surface area contributed by atoms with Crippen LogP contribution >= 0.6 is 11.6 Å². The van der Waals surface area contributed by atoms with Gasteiger partial charge in [0.2, 0.25) is 0 Å². The fraction of sp³-hybridized carbons (Fsp3) is 0.455. The number of alkyl halides is 1. The molecule has 0 aliphatic heterocycles. The number of benzene rings is 2. The summed E-state index contributed by atoms with van der Waals surface area (Å²) >= 11 is 6.37. The van der Waals surface area contributed by atoms with E-state index in [-0.39, 0.29) is 5.92 Å². The molecule has 0 atom stereocenters. The summed E-state index contributed by atoms with van der Waals surface area (Å²) in [6.07, 6.45) is 3.16. The van der Waals surface area contributed by atoms with Crippen LogP contribution in [0.5, 0.6) is 11.5 Å². The van der Waals surface area contributed by atoms with Gasteiger partial charge in [-0.3, -0.25) is 0 Å². The zero-order chi connectivity index (χ0) is 18.6. The lowest BCUT2D eigenvalue weighted by Crippen LogP contribution is -2.07. The largest absolute Gasteiger partial charge is 0.507 e. The van der Waals surface area contributed by atoms with Crippen molar-refractivity contribution in [2.24, 2.45) is 0 Å².